The number of hydrogen-bond donors (Lipinski definition) is 2. The number of hydrogen-bond acceptors (Lipinski definition) is 3. The first-order valence-electron chi connectivity index (χ1n) is 6.82. The van der Waals surface area contributed by atoms with E-state index in [4.69, 9.17) is 9.84 Å². The van der Waals surface area contributed by atoms with Crippen molar-refractivity contribution in [2.75, 3.05) is 13.3 Å². The Labute approximate surface area is 104 Å². The molecule has 0 aromatic carbocycles. The predicted octanol–water partition coefficient (Wildman–Crippen LogP) is 2.53. The van der Waals surface area contributed by atoms with Crippen molar-refractivity contribution in [3.8, 4) is 0 Å². The second-order valence-corrected chi connectivity index (χ2v) is 4.82. The van der Waals surface area contributed by atoms with Gasteiger partial charge in [0.15, 0.2) is 0 Å². The van der Waals surface area contributed by atoms with Crippen LogP contribution in [0.1, 0.15) is 57.8 Å². The van der Waals surface area contributed by atoms with E-state index in [1.54, 1.807) is 0 Å². The standard InChI is InChI=1S/C13H25NO3/c15-13(16)9-7-5-3-1-2-4-6-8-12-10-17-11-14-12/h12,14H,1-11H2,(H,15,16). The van der Waals surface area contributed by atoms with Crippen LogP contribution >= 0.6 is 0 Å². The third-order valence-corrected chi connectivity index (χ3v) is 3.24. The maximum Gasteiger partial charge on any atom is 0.303 e. The molecule has 100 valence electrons. The van der Waals surface area contributed by atoms with Crippen molar-refractivity contribution in [2.45, 2.75) is 63.8 Å². The number of rotatable bonds is 10. The van der Waals surface area contributed by atoms with Crippen LogP contribution in [0.5, 0.6) is 0 Å². The molecular formula is C13H25NO3. The van der Waals surface area contributed by atoms with Gasteiger partial charge < -0.3 is 9.84 Å². The molecule has 0 amide bonds. The highest BCUT2D eigenvalue weighted by molar-refractivity contribution is 5.66. The first-order valence-corrected chi connectivity index (χ1v) is 6.82. The monoisotopic (exact) mass is 243 g/mol. The summed E-state index contributed by atoms with van der Waals surface area (Å²) in [6.07, 6.45) is 9.70. The maximum atomic E-state index is 10.3. The van der Waals surface area contributed by atoms with Crippen LogP contribution in [0.25, 0.3) is 0 Å². The third kappa shape index (κ3) is 8.16. The Morgan fingerprint density at radius 1 is 1.12 bits per heavy atom. The molecule has 1 unspecified atom stereocenters. The van der Waals surface area contributed by atoms with Gasteiger partial charge in [-0.3, -0.25) is 10.1 Å². The van der Waals surface area contributed by atoms with Crippen molar-refractivity contribution in [2.24, 2.45) is 0 Å². The molecule has 0 radical (unpaired) electrons. The average Bonchev–Trinajstić information content (AvgIpc) is 2.79. The van der Waals surface area contributed by atoms with E-state index in [9.17, 15) is 4.79 Å². The molecule has 1 saturated heterocycles. The van der Waals surface area contributed by atoms with Crippen LogP contribution in [0.3, 0.4) is 0 Å². The molecule has 0 aromatic heterocycles. The number of aliphatic carboxylic acids is 1. The van der Waals surface area contributed by atoms with E-state index in [1.807, 2.05) is 0 Å². The second kappa shape index (κ2) is 9.42. The van der Waals surface area contributed by atoms with Crippen molar-refractivity contribution in [3.05, 3.63) is 0 Å². The van der Waals surface area contributed by atoms with Gasteiger partial charge in [-0.1, -0.05) is 38.5 Å². The van der Waals surface area contributed by atoms with Gasteiger partial charge in [0.1, 0.15) is 0 Å². The number of unbranched alkanes of at least 4 members (excludes halogenated alkanes) is 6. The molecule has 1 rings (SSSR count). The van der Waals surface area contributed by atoms with Gasteiger partial charge >= 0.3 is 5.97 Å². The fourth-order valence-electron chi connectivity index (χ4n) is 2.17. The lowest BCUT2D eigenvalue weighted by Crippen LogP contribution is -2.23. The van der Waals surface area contributed by atoms with Crippen LogP contribution in [0, 0.1) is 0 Å². The fraction of sp³-hybridized carbons (Fsp3) is 0.923. The lowest BCUT2D eigenvalue weighted by Gasteiger charge is -2.07. The minimum Gasteiger partial charge on any atom is -0.481 e. The van der Waals surface area contributed by atoms with E-state index < -0.39 is 5.97 Å². The lowest BCUT2D eigenvalue weighted by atomic mass is 10.1. The van der Waals surface area contributed by atoms with E-state index in [0.29, 0.717) is 19.2 Å². The van der Waals surface area contributed by atoms with Crippen molar-refractivity contribution < 1.29 is 14.6 Å². The summed E-state index contributed by atoms with van der Waals surface area (Å²) in [5, 5.41) is 11.8. The smallest absolute Gasteiger partial charge is 0.303 e. The lowest BCUT2D eigenvalue weighted by molar-refractivity contribution is -0.137. The number of carboxylic acids is 1. The van der Waals surface area contributed by atoms with Crippen LogP contribution < -0.4 is 5.32 Å². The summed E-state index contributed by atoms with van der Waals surface area (Å²) in [4.78, 5) is 10.3. The highest BCUT2D eigenvalue weighted by Crippen LogP contribution is 2.11. The van der Waals surface area contributed by atoms with Gasteiger partial charge in [-0.15, -0.1) is 0 Å². The van der Waals surface area contributed by atoms with E-state index >= 15 is 0 Å². The van der Waals surface area contributed by atoms with Crippen molar-refractivity contribution >= 4 is 5.97 Å². The first kappa shape index (κ1) is 14.5. The van der Waals surface area contributed by atoms with E-state index in [-0.39, 0.29) is 0 Å². The molecule has 1 fully saturated rings. The summed E-state index contributed by atoms with van der Waals surface area (Å²) in [5.41, 5.74) is 0. The summed E-state index contributed by atoms with van der Waals surface area (Å²) in [7, 11) is 0. The van der Waals surface area contributed by atoms with Gasteiger partial charge in [0.25, 0.3) is 0 Å². The number of ether oxygens (including phenoxy) is 1. The topological polar surface area (TPSA) is 58.6 Å². The summed E-state index contributed by atoms with van der Waals surface area (Å²) in [6, 6.07) is 0.575. The fourth-order valence-corrected chi connectivity index (χ4v) is 2.17. The molecule has 2 N–H and O–H groups in total. The van der Waals surface area contributed by atoms with Crippen LogP contribution in [-0.4, -0.2) is 30.5 Å². The minimum atomic E-state index is -0.670. The van der Waals surface area contributed by atoms with Crippen LogP contribution in [0.2, 0.25) is 0 Å². The van der Waals surface area contributed by atoms with E-state index in [0.717, 1.165) is 19.4 Å². The number of nitrogens with one attached hydrogen (secondary N) is 1. The quantitative estimate of drug-likeness (QED) is 0.579. The highest BCUT2D eigenvalue weighted by atomic mass is 16.5. The molecule has 0 aromatic rings. The largest absolute Gasteiger partial charge is 0.481 e. The Kier molecular flexibility index (Phi) is 8.01. The molecule has 1 aliphatic heterocycles. The summed E-state index contributed by atoms with van der Waals surface area (Å²) < 4.78 is 5.24. The normalized spacial score (nSPS) is 19.6. The van der Waals surface area contributed by atoms with Gasteiger partial charge in [0.05, 0.1) is 13.3 Å². The zero-order valence-electron chi connectivity index (χ0n) is 10.6. The van der Waals surface area contributed by atoms with Gasteiger partial charge in [-0.2, -0.15) is 0 Å². The van der Waals surface area contributed by atoms with E-state index in [1.165, 1.54) is 38.5 Å². The van der Waals surface area contributed by atoms with Crippen molar-refractivity contribution in [1.82, 2.24) is 5.32 Å². The summed E-state index contributed by atoms with van der Waals surface area (Å²) >= 11 is 0. The predicted molar refractivity (Wildman–Crippen MR) is 66.9 cm³/mol. The molecule has 0 aliphatic carbocycles. The van der Waals surface area contributed by atoms with Crippen LogP contribution in [0.4, 0.5) is 0 Å². The Morgan fingerprint density at radius 2 is 1.76 bits per heavy atom. The second-order valence-electron chi connectivity index (χ2n) is 4.82. The first-order chi connectivity index (χ1) is 8.29. The zero-order valence-corrected chi connectivity index (χ0v) is 10.6. The molecule has 4 nitrogen and oxygen atoms in total. The number of carboxylic acid groups (broad SMARTS) is 1. The molecule has 17 heavy (non-hydrogen) atoms. The van der Waals surface area contributed by atoms with Gasteiger partial charge in [0, 0.05) is 12.5 Å². The Balaban J connectivity index is 1.73. The summed E-state index contributed by atoms with van der Waals surface area (Å²) in [5.74, 6) is -0.670. The average molecular weight is 243 g/mol. The molecule has 0 spiro atoms. The van der Waals surface area contributed by atoms with Gasteiger partial charge in [-0.05, 0) is 12.8 Å². The Morgan fingerprint density at radius 3 is 2.35 bits per heavy atom. The highest BCUT2D eigenvalue weighted by Gasteiger charge is 2.12. The van der Waals surface area contributed by atoms with Crippen molar-refractivity contribution in [1.29, 1.82) is 0 Å². The molecular weight excluding hydrogens is 218 g/mol. The minimum absolute atomic E-state index is 0.327. The molecule has 4 heteroatoms. The molecule has 1 heterocycles. The Hall–Kier alpha value is -0.610. The zero-order chi connectivity index (χ0) is 12.3. The number of carbonyl (C=O) groups is 1. The van der Waals surface area contributed by atoms with Gasteiger partial charge in [-0.25, -0.2) is 0 Å². The molecule has 1 atom stereocenters. The summed E-state index contributed by atoms with van der Waals surface area (Å²) in [6.45, 7) is 1.59. The van der Waals surface area contributed by atoms with Crippen LogP contribution in [-0.2, 0) is 9.53 Å². The molecule has 0 bridgehead atoms. The van der Waals surface area contributed by atoms with Crippen molar-refractivity contribution in [3.63, 3.8) is 0 Å². The molecule has 1 aliphatic rings. The third-order valence-electron chi connectivity index (χ3n) is 3.24. The maximum absolute atomic E-state index is 10.3. The van der Waals surface area contributed by atoms with E-state index in [2.05, 4.69) is 5.32 Å². The van der Waals surface area contributed by atoms with Crippen LogP contribution in [0.15, 0.2) is 0 Å². The van der Waals surface area contributed by atoms with Gasteiger partial charge in [0.2, 0.25) is 0 Å². The molecule has 0 saturated carbocycles. The SMILES string of the molecule is O=C(O)CCCCCCCCCC1COCN1. The Bertz CT molecular complexity index is 203.